The van der Waals surface area contributed by atoms with Crippen LogP contribution >= 0.6 is 0 Å². The van der Waals surface area contributed by atoms with Crippen molar-refractivity contribution in [1.29, 1.82) is 0 Å². The minimum absolute atomic E-state index is 0.0653. The third kappa shape index (κ3) is 2.39. The maximum atomic E-state index is 13.5. The lowest BCUT2D eigenvalue weighted by Crippen LogP contribution is -2.47. The average Bonchev–Trinajstić information content (AvgIpc) is 2.74. The molecule has 3 aromatic carbocycles. The van der Waals surface area contributed by atoms with E-state index in [-0.39, 0.29) is 17.7 Å². The molecule has 3 aliphatic carbocycles. The van der Waals surface area contributed by atoms with Crippen LogP contribution in [-0.2, 0) is 4.79 Å². The molecule has 28 heavy (non-hydrogen) atoms. The van der Waals surface area contributed by atoms with Crippen molar-refractivity contribution in [2.24, 2.45) is 5.41 Å². The number of rotatable bonds is 3. The summed E-state index contributed by atoms with van der Waals surface area (Å²) in [5.74, 6) is 1.14. The van der Waals surface area contributed by atoms with Crippen molar-refractivity contribution in [3.05, 3.63) is 95.1 Å². The summed E-state index contributed by atoms with van der Waals surface area (Å²) in [7, 11) is 1.64. The van der Waals surface area contributed by atoms with Gasteiger partial charge in [-0.3, -0.25) is 4.79 Å². The second kappa shape index (κ2) is 6.23. The van der Waals surface area contributed by atoms with Gasteiger partial charge in [0.2, 0.25) is 5.91 Å². The van der Waals surface area contributed by atoms with E-state index in [0.29, 0.717) is 0 Å². The zero-order valence-corrected chi connectivity index (χ0v) is 16.1. The number of amides is 1. The van der Waals surface area contributed by atoms with Crippen LogP contribution in [0.5, 0.6) is 5.75 Å². The Morgan fingerprint density at radius 3 is 2.14 bits per heavy atom. The van der Waals surface area contributed by atoms with Crippen molar-refractivity contribution in [2.75, 3.05) is 12.4 Å². The molecular weight excluding hydrogens is 346 g/mol. The molecule has 0 heterocycles. The molecular formula is C25H23NO2. The second-order valence-electron chi connectivity index (χ2n) is 8.05. The van der Waals surface area contributed by atoms with Crippen molar-refractivity contribution in [3.63, 3.8) is 0 Å². The van der Waals surface area contributed by atoms with E-state index >= 15 is 0 Å². The molecule has 0 fully saturated rings. The number of ether oxygens (including phenoxy) is 1. The van der Waals surface area contributed by atoms with Gasteiger partial charge in [0.15, 0.2) is 0 Å². The van der Waals surface area contributed by atoms with E-state index in [2.05, 4.69) is 60.8 Å². The molecule has 6 rings (SSSR count). The molecule has 0 spiro atoms. The molecule has 1 N–H and O–H groups in total. The quantitative estimate of drug-likeness (QED) is 0.678. The number of hydrogen-bond acceptors (Lipinski definition) is 2. The number of fused-ring (bicyclic) bond motifs is 1. The van der Waals surface area contributed by atoms with Gasteiger partial charge in [-0.1, -0.05) is 54.6 Å². The Morgan fingerprint density at radius 1 is 0.929 bits per heavy atom. The van der Waals surface area contributed by atoms with Gasteiger partial charge in [-0.25, -0.2) is 0 Å². The molecule has 3 aliphatic rings. The summed E-state index contributed by atoms with van der Waals surface area (Å²) in [5.41, 5.74) is 5.60. The van der Waals surface area contributed by atoms with Gasteiger partial charge in [-0.2, -0.15) is 0 Å². The fourth-order valence-electron chi connectivity index (χ4n) is 5.16. The van der Waals surface area contributed by atoms with Gasteiger partial charge in [0.1, 0.15) is 5.75 Å². The number of carbonyl (C=O) groups excluding carboxylic acids is 1. The number of nitrogens with one attached hydrogen (secondary N) is 1. The first-order valence-corrected chi connectivity index (χ1v) is 9.75. The highest BCUT2D eigenvalue weighted by atomic mass is 16.5. The molecule has 0 aliphatic heterocycles. The first kappa shape index (κ1) is 17.1. The summed E-state index contributed by atoms with van der Waals surface area (Å²) in [4.78, 5) is 13.5. The Labute approximate surface area is 165 Å². The molecule has 2 bridgehead atoms. The summed E-state index contributed by atoms with van der Waals surface area (Å²) in [6.07, 6.45) is 0.821. The van der Waals surface area contributed by atoms with Gasteiger partial charge in [0, 0.05) is 23.6 Å². The molecule has 3 heteroatoms. The monoisotopic (exact) mass is 369 g/mol. The van der Waals surface area contributed by atoms with E-state index in [9.17, 15) is 4.79 Å². The van der Waals surface area contributed by atoms with Gasteiger partial charge in [-0.05, 0) is 47.7 Å². The Kier molecular flexibility index (Phi) is 3.80. The van der Waals surface area contributed by atoms with E-state index in [1.54, 1.807) is 7.11 Å². The van der Waals surface area contributed by atoms with Crippen molar-refractivity contribution in [3.8, 4) is 5.75 Å². The zero-order valence-electron chi connectivity index (χ0n) is 16.1. The van der Waals surface area contributed by atoms with Crippen LogP contribution in [0, 0.1) is 5.41 Å². The third-order valence-electron chi connectivity index (χ3n) is 6.48. The maximum Gasteiger partial charge on any atom is 0.231 e. The summed E-state index contributed by atoms with van der Waals surface area (Å²) in [5, 5.41) is 3.15. The van der Waals surface area contributed by atoms with Crippen LogP contribution in [-0.4, -0.2) is 13.0 Å². The molecule has 1 amide bonds. The first-order valence-electron chi connectivity index (χ1n) is 9.75. The third-order valence-corrected chi connectivity index (χ3v) is 6.48. The van der Waals surface area contributed by atoms with Crippen LogP contribution in [0.1, 0.15) is 47.4 Å². The topological polar surface area (TPSA) is 38.3 Å². The summed E-state index contributed by atoms with van der Waals surface area (Å²) in [6, 6.07) is 24.8. The zero-order chi connectivity index (χ0) is 19.3. The lowest BCUT2D eigenvalue weighted by atomic mass is 9.52. The predicted octanol–water partition coefficient (Wildman–Crippen LogP) is 5.32. The van der Waals surface area contributed by atoms with Crippen molar-refractivity contribution < 1.29 is 9.53 Å². The smallest absolute Gasteiger partial charge is 0.231 e. The lowest BCUT2D eigenvalue weighted by molar-refractivity contribution is -0.126. The van der Waals surface area contributed by atoms with Crippen LogP contribution < -0.4 is 10.1 Å². The standard InChI is InChI=1S/C25H23NO2/c1-25(24(27)26-16-8-7-9-17(14-16)28-2)15-22-18-10-3-5-12-20(18)23(25)21-13-6-4-11-19(21)22/h3-14,22-23H,15H2,1-2H3,(H,26,27)/t22?,23?,25-/m1/s1. The molecule has 3 aromatic rings. The molecule has 1 atom stereocenters. The maximum absolute atomic E-state index is 13.5. The van der Waals surface area contributed by atoms with Gasteiger partial charge < -0.3 is 10.1 Å². The minimum Gasteiger partial charge on any atom is -0.497 e. The Balaban J connectivity index is 1.58. The Hall–Kier alpha value is -3.07. The Morgan fingerprint density at radius 2 is 1.54 bits per heavy atom. The van der Waals surface area contributed by atoms with Gasteiger partial charge in [0.05, 0.1) is 12.5 Å². The fourth-order valence-corrected chi connectivity index (χ4v) is 5.16. The number of methoxy groups -OCH3 is 1. The number of hydrogen-bond donors (Lipinski definition) is 1. The number of carbonyl (C=O) groups is 1. The van der Waals surface area contributed by atoms with E-state index in [1.807, 2.05) is 24.3 Å². The highest BCUT2D eigenvalue weighted by Gasteiger charge is 2.53. The molecule has 0 radical (unpaired) electrons. The number of anilines is 1. The lowest BCUT2D eigenvalue weighted by Gasteiger charge is -2.50. The van der Waals surface area contributed by atoms with Crippen LogP contribution in [0.4, 0.5) is 5.69 Å². The Bertz CT molecular complexity index is 1030. The minimum atomic E-state index is -0.504. The van der Waals surface area contributed by atoms with Gasteiger partial charge in [-0.15, -0.1) is 0 Å². The SMILES string of the molecule is COc1cccc(NC(=O)[C@]2(C)CC3c4ccccc4C2c2ccccc23)c1. The fraction of sp³-hybridized carbons (Fsp3) is 0.240. The summed E-state index contributed by atoms with van der Waals surface area (Å²) in [6.45, 7) is 2.12. The summed E-state index contributed by atoms with van der Waals surface area (Å²) >= 11 is 0. The van der Waals surface area contributed by atoms with Crippen LogP contribution in [0.2, 0.25) is 0 Å². The van der Waals surface area contributed by atoms with Crippen LogP contribution in [0.3, 0.4) is 0 Å². The van der Waals surface area contributed by atoms with E-state index in [4.69, 9.17) is 4.74 Å². The number of benzene rings is 3. The van der Waals surface area contributed by atoms with Crippen molar-refractivity contribution in [1.82, 2.24) is 0 Å². The average molecular weight is 369 g/mol. The normalized spacial score (nSPS) is 24.2. The van der Waals surface area contributed by atoms with Crippen molar-refractivity contribution >= 4 is 11.6 Å². The van der Waals surface area contributed by atoms with Gasteiger partial charge in [0.25, 0.3) is 0 Å². The van der Waals surface area contributed by atoms with Crippen LogP contribution in [0.15, 0.2) is 72.8 Å². The van der Waals surface area contributed by atoms with Gasteiger partial charge >= 0.3 is 0 Å². The van der Waals surface area contributed by atoms with Crippen molar-refractivity contribution in [2.45, 2.75) is 25.2 Å². The molecule has 0 saturated heterocycles. The van der Waals surface area contributed by atoms with E-state index in [0.717, 1.165) is 17.9 Å². The molecule has 3 nitrogen and oxygen atoms in total. The largest absolute Gasteiger partial charge is 0.497 e. The highest BCUT2D eigenvalue weighted by Crippen LogP contribution is 2.61. The molecule has 0 unspecified atom stereocenters. The molecule has 0 saturated carbocycles. The molecule has 0 aromatic heterocycles. The van der Waals surface area contributed by atoms with E-state index in [1.165, 1.54) is 22.3 Å². The van der Waals surface area contributed by atoms with Crippen LogP contribution in [0.25, 0.3) is 0 Å². The van der Waals surface area contributed by atoms with E-state index < -0.39 is 5.41 Å². The summed E-state index contributed by atoms with van der Waals surface area (Å²) < 4.78 is 5.30. The highest BCUT2D eigenvalue weighted by molar-refractivity contribution is 5.97. The first-order chi connectivity index (χ1) is 13.6. The second-order valence-corrected chi connectivity index (χ2v) is 8.05. The molecule has 140 valence electrons. The predicted molar refractivity (Wildman–Crippen MR) is 111 cm³/mol.